The van der Waals surface area contributed by atoms with E-state index in [2.05, 4.69) is 0 Å². The summed E-state index contributed by atoms with van der Waals surface area (Å²) in [5.41, 5.74) is 6.34. The molecular formula is C14H17N3O3. The first-order valence-electron chi connectivity index (χ1n) is 6.73. The highest BCUT2D eigenvalue weighted by molar-refractivity contribution is 5.87. The molecule has 1 aromatic carbocycles. The van der Waals surface area contributed by atoms with Crippen molar-refractivity contribution in [2.24, 2.45) is 5.73 Å². The monoisotopic (exact) mass is 275 g/mol. The van der Waals surface area contributed by atoms with Gasteiger partial charge in [-0.2, -0.15) is 5.06 Å². The third-order valence-electron chi connectivity index (χ3n) is 3.86. The Morgan fingerprint density at radius 2 is 2.05 bits per heavy atom. The number of piperidine rings is 1. The zero-order valence-corrected chi connectivity index (χ0v) is 11.1. The van der Waals surface area contributed by atoms with Crippen LogP contribution in [0.15, 0.2) is 30.3 Å². The number of nitrogens with two attached hydrogens (primary N) is 1. The van der Waals surface area contributed by atoms with E-state index in [0.29, 0.717) is 19.6 Å². The fraction of sp³-hybridized carbons (Fsp3) is 0.429. The Kier molecular flexibility index (Phi) is 3.31. The minimum atomic E-state index is -0.496. The number of urea groups is 1. The van der Waals surface area contributed by atoms with Gasteiger partial charge in [-0.25, -0.2) is 4.79 Å². The number of amides is 3. The normalized spacial score (nSPS) is 25.1. The van der Waals surface area contributed by atoms with Crippen molar-refractivity contribution in [3.63, 3.8) is 0 Å². The average Bonchev–Trinajstić information content (AvgIpc) is 2.70. The second-order valence-electron chi connectivity index (χ2n) is 5.17. The SMILES string of the molecule is NC(=O)C1CC[C@@H]2CN1C(=O)N2OCc1ccccc1. The maximum atomic E-state index is 12.2. The Morgan fingerprint density at radius 1 is 1.30 bits per heavy atom. The summed E-state index contributed by atoms with van der Waals surface area (Å²) in [4.78, 5) is 30.7. The van der Waals surface area contributed by atoms with E-state index in [4.69, 9.17) is 10.6 Å². The molecule has 20 heavy (non-hydrogen) atoms. The molecule has 0 aromatic heterocycles. The molecule has 3 rings (SSSR count). The van der Waals surface area contributed by atoms with Crippen molar-refractivity contribution in [1.82, 2.24) is 9.96 Å². The number of rotatable bonds is 4. The van der Waals surface area contributed by atoms with Crippen molar-refractivity contribution in [2.75, 3.05) is 6.54 Å². The number of primary amides is 1. The molecule has 6 nitrogen and oxygen atoms in total. The molecule has 2 atom stereocenters. The lowest BCUT2D eigenvalue weighted by atomic mass is 10.0. The minimum Gasteiger partial charge on any atom is -0.368 e. The van der Waals surface area contributed by atoms with Crippen LogP contribution in [0.25, 0.3) is 0 Å². The van der Waals surface area contributed by atoms with E-state index >= 15 is 0 Å². The molecule has 0 aliphatic carbocycles. The molecule has 2 bridgehead atoms. The van der Waals surface area contributed by atoms with Crippen LogP contribution in [0.3, 0.4) is 0 Å². The number of benzene rings is 1. The molecule has 2 aliphatic heterocycles. The maximum Gasteiger partial charge on any atom is 0.345 e. The predicted molar refractivity (Wildman–Crippen MR) is 71.2 cm³/mol. The van der Waals surface area contributed by atoms with Gasteiger partial charge in [0.1, 0.15) is 12.6 Å². The van der Waals surface area contributed by atoms with Crippen molar-refractivity contribution in [3.8, 4) is 0 Å². The average molecular weight is 275 g/mol. The summed E-state index contributed by atoms with van der Waals surface area (Å²) in [6.07, 6.45) is 1.35. The first kappa shape index (κ1) is 12.9. The van der Waals surface area contributed by atoms with Crippen LogP contribution in [0.1, 0.15) is 18.4 Å². The topological polar surface area (TPSA) is 75.9 Å². The van der Waals surface area contributed by atoms with E-state index in [9.17, 15) is 9.59 Å². The first-order chi connectivity index (χ1) is 9.66. The number of fused-ring (bicyclic) bond motifs is 2. The molecular weight excluding hydrogens is 258 g/mol. The van der Waals surface area contributed by atoms with Gasteiger partial charge in [-0.05, 0) is 18.4 Å². The molecule has 0 radical (unpaired) electrons. The van der Waals surface area contributed by atoms with Crippen molar-refractivity contribution in [3.05, 3.63) is 35.9 Å². The van der Waals surface area contributed by atoms with Crippen molar-refractivity contribution < 1.29 is 14.4 Å². The van der Waals surface area contributed by atoms with Gasteiger partial charge in [0, 0.05) is 6.54 Å². The van der Waals surface area contributed by atoms with Crippen LogP contribution in [0.4, 0.5) is 4.79 Å². The second-order valence-corrected chi connectivity index (χ2v) is 5.17. The number of carbonyl (C=O) groups is 2. The number of hydrogen-bond acceptors (Lipinski definition) is 3. The fourth-order valence-corrected chi connectivity index (χ4v) is 2.81. The summed E-state index contributed by atoms with van der Waals surface area (Å²) in [6.45, 7) is 0.861. The van der Waals surface area contributed by atoms with Crippen molar-refractivity contribution in [2.45, 2.75) is 31.5 Å². The summed E-state index contributed by atoms with van der Waals surface area (Å²) in [5.74, 6) is -0.443. The molecule has 1 aromatic rings. The van der Waals surface area contributed by atoms with Gasteiger partial charge in [0.25, 0.3) is 0 Å². The van der Waals surface area contributed by atoms with E-state index < -0.39 is 11.9 Å². The van der Waals surface area contributed by atoms with Crippen LogP contribution in [0.2, 0.25) is 0 Å². The van der Waals surface area contributed by atoms with Crippen LogP contribution in [-0.4, -0.2) is 40.5 Å². The number of carbonyl (C=O) groups excluding carboxylic acids is 2. The van der Waals surface area contributed by atoms with Crippen LogP contribution in [0, 0.1) is 0 Å². The van der Waals surface area contributed by atoms with Crippen LogP contribution in [-0.2, 0) is 16.2 Å². The highest BCUT2D eigenvalue weighted by Crippen LogP contribution is 2.30. The van der Waals surface area contributed by atoms with E-state index in [-0.39, 0.29) is 12.1 Å². The van der Waals surface area contributed by atoms with Crippen molar-refractivity contribution >= 4 is 11.9 Å². The molecule has 2 aliphatic rings. The summed E-state index contributed by atoms with van der Waals surface area (Å²) in [5, 5.41) is 1.40. The highest BCUT2D eigenvalue weighted by Gasteiger charge is 2.47. The first-order valence-corrected chi connectivity index (χ1v) is 6.73. The lowest BCUT2D eigenvalue weighted by molar-refractivity contribution is -0.140. The Labute approximate surface area is 117 Å². The Balaban J connectivity index is 1.67. The molecule has 2 fully saturated rings. The molecule has 1 unspecified atom stereocenters. The van der Waals surface area contributed by atoms with Gasteiger partial charge in [-0.1, -0.05) is 30.3 Å². The third kappa shape index (κ3) is 2.22. The summed E-state index contributed by atoms with van der Waals surface area (Å²) < 4.78 is 0. The molecule has 2 N–H and O–H groups in total. The van der Waals surface area contributed by atoms with Gasteiger partial charge >= 0.3 is 6.03 Å². The maximum absolute atomic E-state index is 12.2. The number of nitrogens with zero attached hydrogens (tertiary/aromatic N) is 2. The van der Waals surface area contributed by atoms with Crippen molar-refractivity contribution in [1.29, 1.82) is 0 Å². The number of hydrogen-bond donors (Lipinski definition) is 1. The van der Waals surface area contributed by atoms with Gasteiger partial charge in [-0.3, -0.25) is 9.63 Å². The van der Waals surface area contributed by atoms with Crippen LogP contribution >= 0.6 is 0 Å². The Bertz CT molecular complexity index is 520. The summed E-state index contributed by atoms with van der Waals surface area (Å²) in [7, 11) is 0. The minimum absolute atomic E-state index is 0.0156. The molecule has 3 amide bonds. The van der Waals surface area contributed by atoms with E-state index in [0.717, 1.165) is 12.0 Å². The van der Waals surface area contributed by atoms with E-state index in [1.165, 1.54) is 9.96 Å². The molecule has 6 heteroatoms. The Morgan fingerprint density at radius 3 is 2.75 bits per heavy atom. The van der Waals surface area contributed by atoms with Gasteiger partial charge in [0.15, 0.2) is 0 Å². The predicted octanol–water partition coefficient (Wildman–Crippen LogP) is 0.872. The van der Waals surface area contributed by atoms with Gasteiger partial charge in [0.2, 0.25) is 5.91 Å². The molecule has 106 valence electrons. The van der Waals surface area contributed by atoms with E-state index in [1.807, 2.05) is 30.3 Å². The second kappa shape index (κ2) is 5.13. The van der Waals surface area contributed by atoms with Gasteiger partial charge in [0.05, 0.1) is 6.04 Å². The smallest absolute Gasteiger partial charge is 0.345 e. The zero-order chi connectivity index (χ0) is 14.1. The standard InChI is InChI=1S/C14H17N3O3/c15-13(18)12-7-6-11-8-16(12)14(19)17(11)20-9-10-4-2-1-3-5-10/h1-5,11-12H,6-9H2,(H2,15,18)/t11-,12?/m1/s1. The number of hydroxylamine groups is 2. The van der Waals surface area contributed by atoms with Crippen LogP contribution in [0.5, 0.6) is 0 Å². The lowest BCUT2D eigenvalue weighted by Gasteiger charge is -2.27. The Hall–Kier alpha value is -2.08. The highest BCUT2D eigenvalue weighted by atomic mass is 16.7. The molecule has 2 saturated heterocycles. The van der Waals surface area contributed by atoms with E-state index in [1.54, 1.807) is 0 Å². The third-order valence-corrected chi connectivity index (χ3v) is 3.86. The van der Waals surface area contributed by atoms with Gasteiger partial charge in [-0.15, -0.1) is 0 Å². The quantitative estimate of drug-likeness (QED) is 0.886. The molecule has 0 spiro atoms. The summed E-state index contributed by atoms with van der Waals surface area (Å²) in [6, 6.07) is 8.93. The fourth-order valence-electron chi connectivity index (χ4n) is 2.81. The van der Waals surface area contributed by atoms with Gasteiger partial charge < -0.3 is 10.6 Å². The summed E-state index contributed by atoms with van der Waals surface area (Å²) >= 11 is 0. The zero-order valence-electron chi connectivity index (χ0n) is 11.1. The largest absolute Gasteiger partial charge is 0.368 e. The molecule has 0 saturated carbocycles. The lowest BCUT2D eigenvalue weighted by Crippen LogP contribution is -2.47. The molecule has 2 heterocycles. The van der Waals surface area contributed by atoms with Crippen LogP contribution < -0.4 is 5.73 Å².